The molecule has 0 bridgehead atoms. The normalized spacial score (nSPS) is 13.1. The molecular weight excluding hydrogens is 312 g/mol. The van der Waals surface area contributed by atoms with E-state index in [-0.39, 0.29) is 5.41 Å². The van der Waals surface area contributed by atoms with E-state index >= 15 is 0 Å². The molecule has 0 nitrogen and oxygen atoms in total. The highest BCUT2D eigenvalue weighted by Gasteiger charge is 2.34. The Labute approximate surface area is 162 Å². The summed E-state index contributed by atoms with van der Waals surface area (Å²) in [5.74, 6) is 0. The van der Waals surface area contributed by atoms with Crippen LogP contribution in [0.2, 0.25) is 0 Å². The van der Waals surface area contributed by atoms with E-state index in [9.17, 15) is 0 Å². The van der Waals surface area contributed by atoms with Crippen molar-refractivity contribution in [1.29, 1.82) is 0 Å². The van der Waals surface area contributed by atoms with E-state index in [0.717, 1.165) is 6.42 Å². The molecule has 0 heteroatoms. The van der Waals surface area contributed by atoms with Gasteiger partial charge in [-0.3, -0.25) is 0 Å². The topological polar surface area (TPSA) is 0 Å². The second kappa shape index (κ2) is 7.59. The number of hydrogen-bond acceptors (Lipinski definition) is 0. The van der Waals surface area contributed by atoms with Crippen molar-refractivity contribution in [2.24, 2.45) is 10.8 Å². The second-order valence-corrected chi connectivity index (χ2v) is 10.6. The van der Waals surface area contributed by atoms with E-state index in [1.807, 2.05) is 0 Å². The molecule has 0 amide bonds. The minimum absolute atomic E-state index is 0.192. The quantitative estimate of drug-likeness (QED) is 0.481. The zero-order valence-electron chi connectivity index (χ0n) is 18.2. The molecule has 0 saturated carbocycles. The number of hydrogen-bond donors (Lipinski definition) is 0. The van der Waals surface area contributed by atoms with Crippen LogP contribution >= 0.6 is 0 Å². The first-order chi connectivity index (χ1) is 11.9. The molecule has 0 spiro atoms. The molecule has 26 heavy (non-hydrogen) atoms. The van der Waals surface area contributed by atoms with Crippen molar-refractivity contribution in [2.45, 2.75) is 80.1 Å². The minimum Gasteiger partial charge on any atom is -0.0599 e. The zero-order chi connectivity index (χ0) is 19.6. The van der Waals surface area contributed by atoms with Crippen LogP contribution in [0, 0.1) is 24.7 Å². The Balaban J connectivity index is 2.08. The SMILES string of the molecule is Cc1ccc(CC(C)(C)CC(C)(C)CC(C)(C)c2ccc(C)cc2)cc1. The Morgan fingerprint density at radius 2 is 1.04 bits per heavy atom. The summed E-state index contributed by atoms with van der Waals surface area (Å²) in [7, 11) is 0. The molecule has 2 aromatic rings. The summed E-state index contributed by atoms with van der Waals surface area (Å²) < 4.78 is 0. The molecule has 0 saturated heterocycles. The van der Waals surface area contributed by atoms with Gasteiger partial charge in [0.2, 0.25) is 0 Å². The summed E-state index contributed by atoms with van der Waals surface area (Å²) in [6.07, 6.45) is 3.56. The highest BCUT2D eigenvalue weighted by Crippen LogP contribution is 2.44. The molecule has 0 radical (unpaired) electrons. The first-order valence-corrected chi connectivity index (χ1v) is 10.0. The van der Waals surface area contributed by atoms with Gasteiger partial charge in [0.25, 0.3) is 0 Å². The summed E-state index contributed by atoms with van der Waals surface area (Å²) in [6, 6.07) is 18.2. The van der Waals surface area contributed by atoms with Crippen LogP contribution < -0.4 is 0 Å². The van der Waals surface area contributed by atoms with E-state index < -0.39 is 0 Å². The monoisotopic (exact) mass is 350 g/mol. The van der Waals surface area contributed by atoms with Crippen molar-refractivity contribution >= 4 is 0 Å². The van der Waals surface area contributed by atoms with E-state index in [4.69, 9.17) is 0 Å². The summed E-state index contributed by atoms with van der Waals surface area (Å²) in [5, 5.41) is 0. The van der Waals surface area contributed by atoms with Gasteiger partial charge in [-0.2, -0.15) is 0 Å². The van der Waals surface area contributed by atoms with Gasteiger partial charge in [0.05, 0.1) is 0 Å². The molecule has 0 aliphatic heterocycles. The third-order valence-corrected chi connectivity index (χ3v) is 5.51. The van der Waals surface area contributed by atoms with Crippen LogP contribution in [-0.4, -0.2) is 0 Å². The summed E-state index contributed by atoms with van der Waals surface area (Å²) in [4.78, 5) is 0. The van der Waals surface area contributed by atoms with Gasteiger partial charge in [0.1, 0.15) is 0 Å². The predicted octanol–water partition coefficient (Wildman–Crippen LogP) is 7.66. The Bertz CT molecular complexity index is 697. The molecule has 0 aromatic heterocycles. The maximum Gasteiger partial charge on any atom is -0.00985 e. The lowest BCUT2D eigenvalue weighted by Gasteiger charge is -2.40. The van der Waals surface area contributed by atoms with Gasteiger partial charge in [-0.15, -0.1) is 0 Å². The summed E-state index contributed by atoms with van der Waals surface area (Å²) in [5.41, 5.74) is 6.36. The van der Waals surface area contributed by atoms with E-state index in [0.29, 0.717) is 10.8 Å². The van der Waals surface area contributed by atoms with Gasteiger partial charge < -0.3 is 0 Å². The molecule has 0 aliphatic rings. The van der Waals surface area contributed by atoms with E-state index in [1.165, 1.54) is 35.1 Å². The van der Waals surface area contributed by atoms with Gasteiger partial charge >= 0.3 is 0 Å². The lowest BCUT2D eigenvalue weighted by molar-refractivity contribution is 0.153. The van der Waals surface area contributed by atoms with Crippen molar-refractivity contribution in [3.05, 3.63) is 70.8 Å². The number of rotatable bonds is 7. The highest BCUT2D eigenvalue weighted by atomic mass is 14.4. The Kier molecular flexibility index (Phi) is 6.06. The third kappa shape index (κ3) is 6.01. The van der Waals surface area contributed by atoms with Crippen LogP contribution in [-0.2, 0) is 11.8 Å². The standard InChI is InChI=1S/C26H38/c1-20-9-13-22(14-10-20)17-24(3,4)18-25(5,6)19-26(7,8)23-15-11-21(2)12-16-23/h9-16H,17-19H2,1-8H3. The summed E-state index contributed by atoms with van der Waals surface area (Å²) >= 11 is 0. The van der Waals surface area contributed by atoms with Crippen molar-refractivity contribution in [3.8, 4) is 0 Å². The van der Waals surface area contributed by atoms with Crippen LogP contribution in [0.1, 0.15) is 76.6 Å². The predicted molar refractivity (Wildman–Crippen MR) is 116 cm³/mol. The van der Waals surface area contributed by atoms with Crippen LogP contribution in [0.4, 0.5) is 0 Å². The summed E-state index contributed by atoms with van der Waals surface area (Å²) in [6.45, 7) is 18.8. The average molecular weight is 351 g/mol. The Morgan fingerprint density at radius 3 is 1.54 bits per heavy atom. The lowest BCUT2D eigenvalue weighted by Crippen LogP contribution is -2.31. The highest BCUT2D eigenvalue weighted by molar-refractivity contribution is 5.28. The minimum atomic E-state index is 0.192. The Morgan fingerprint density at radius 1 is 0.577 bits per heavy atom. The molecule has 0 aliphatic carbocycles. The zero-order valence-corrected chi connectivity index (χ0v) is 18.2. The van der Waals surface area contributed by atoms with Crippen molar-refractivity contribution < 1.29 is 0 Å². The first-order valence-electron chi connectivity index (χ1n) is 10.0. The average Bonchev–Trinajstić information content (AvgIpc) is 2.47. The lowest BCUT2D eigenvalue weighted by atomic mass is 9.64. The molecule has 2 rings (SSSR count). The fraction of sp³-hybridized carbons (Fsp3) is 0.538. The van der Waals surface area contributed by atoms with E-state index in [2.05, 4.69) is 104 Å². The fourth-order valence-corrected chi connectivity index (χ4v) is 4.98. The maximum atomic E-state index is 2.44. The first kappa shape index (κ1) is 20.7. The van der Waals surface area contributed by atoms with Gasteiger partial charge in [-0.1, -0.05) is 101 Å². The molecule has 0 atom stereocenters. The van der Waals surface area contributed by atoms with Crippen LogP contribution in [0.25, 0.3) is 0 Å². The second-order valence-electron chi connectivity index (χ2n) is 10.6. The molecule has 0 N–H and O–H groups in total. The smallest absolute Gasteiger partial charge is 0.00985 e. The maximum absolute atomic E-state index is 2.44. The number of aryl methyl sites for hydroxylation is 2. The third-order valence-electron chi connectivity index (χ3n) is 5.51. The van der Waals surface area contributed by atoms with Crippen LogP contribution in [0.3, 0.4) is 0 Å². The number of benzene rings is 2. The van der Waals surface area contributed by atoms with Gasteiger partial charge in [0, 0.05) is 0 Å². The van der Waals surface area contributed by atoms with Crippen LogP contribution in [0.15, 0.2) is 48.5 Å². The Hall–Kier alpha value is -1.56. The van der Waals surface area contributed by atoms with Gasteiger partial charge in [-0.05, 0) is 60.5 Å². The molecule has 0 heterocycles. The van der Waals surface area contributed by atoms with Crippen molar-refractivity contribution in [1.82, 2.24) is 0 Å². The largest absolute Gasteiger partial charge is 0.0599 e. The van der Waals surface area contributed by atoms with Gasteiger partial charge in [-0.25, -0.2) is 0 Å². The van der Waals surface area contributed by atoms with Crippen molar-refractivity contribution in [3.63, 3.8) is 0 Å². The molecule has 0 unspecified atom stereocenters. The van der Waals surface area contributed by atoms with Crippen molar-refractivity contribution in [2.75, 3.05) is 0 Å². The van der Waals surface area contributed by atoms with Crippen LogP contribution in [0.5, 0.6) is 0 Å². The molecule has 142 valence electrons. The van der Waals surface area contributed by atoms with E-state index in [1.54, 1.807) is 0 Å². The fourth-order valence-electron chi connectivity index (χ4n) is 4.98. The molecule has 0 fully saturated rings. The molecular formula is C26H38. The van der Waals surface area contributed by atoms with Gasteiger partial charge in [0.15, 0.2) is 0 Å². The molecule has 2 aromatic carbocycles.